The number of ether oxygens (including phenoxy) is 1. The Bertz CT molecular complexity index is 627. The lowest BCUT2D eigenvalue weighted by Crippen LogP contribution is -2.11. The molecular weight excluding hydrogens is 270 g/mol. The first kappa shape index (κ1) is 14.6. The molecule has 1 aromatic heterocycles. The highest BCUT2D eigenvalue weighted by Gasteiger charge is 2.10. The van der Waals surface area contributed by atoms with Gasteiger partial charge in [-0.15, -0.1) is 0 Å². The van der Waals surface area contributed by atoms with Crippen LogP contribution in [0.4, 0.5) is 5.69 Å². The predicted molar refractivity (Wildman–Crippen MR) is 78.2 cm³/mol. The van der Waals surface area contributed by atoms with Crippen molar-refractivity contribution in [2.45, 2.75) is 6.92 Å². The lowest BCUT2D eigenvalue weighted by molar-refractivity contribution is 0.0549. The fourth-order valence-corrected chi connectivity index (χ4v) is 1.59. The zero-order valence-electron chi connectivity index (χ0n) is 11.5. The van der Waals surface area contributed by atoms with Gasteiger partial charge in [0.15, 0.2) is 5.76 Å². The lowest BCUT2D eigenvalue weighted by Gasteiger charge is -2.05. The van der Waals surface area contributed by atoms with E-state index in [2.05, 4.69) is 5.32 Å². The maximum Gasteiger partial charge on any atom is 0.338 e. The summed E-state index contributed by atoms with van der Waals surface area (Å²) in [7, 11) is 0. The van der Waals surface area contributed by atoms with Gasteiger partial charge in [0.25, 0.3) is 5.91 Å². The number of hydrogen-bond donors (Lipinski definition) is 1. The third-order valence-electron chi connectivity index (χ3n) is 2.67. The average molecular weight is 285 g/mol. The van der Waals surface area contributed by atoms with Gasteiger partial charge in [0.05, 0.1) is 11.8 Å². The van der Waals surface area contributed by atoms with E-state index < -0.39 is 5.97 Å². The van der Waals surface area contributed by atoms with Crippen LogP contribution in [-0.4, -0.2) is 18.5 Å². The lowest BCUT2D eigenvalue weighted by atomic mass is 10.2. The van der Waals surface area contributed by atoms with Crippen molar-refractivity contribution >= 4 is 17.6 Å². The highest BCUT2D eigenvalue weighted by atomic mass is 16.5. The van der Waals surface area contributed by atoms with Crippen LogP contribution in [0.1, 0.15) is 27.8 Å². The first-order valence-corrected chi connectivity index (χ1v) is 6.44. The molecule has 0 bridgehead atoms. The molecule has 108 valence electrons. The minimum absolute atomic E-state index is 0.227. The molecule has 0 saturated heterocycles. The van der Waals surface area contributed by atoms with Crippen molar-refractivity contribution in [2.75, 3.05) is 11.9 Å². The maximum atomic E-state index is 11.8. The van der Waals surface area contributed by atoms with Crippen LogP contribution in [0.3, 0.4) is 0 Å². The van der Waals surface area contributed by atoms with E-state index in [-0.39, 0.29) is 18.3 Å². The number of carbonyl (C=O) groups is 2. The molecule has 1 aromatic carbocycles. The molecule has 0 aliphatic heterocycles. The second-order valence-corrected chi connectivity index (χ2v) is 4.18. The van der Waals surface area contributed by atoms with Gasteiger partial charge in [-0.3, -0.25) is 4.79 Å². The highest BCUT2D eigenvalue weighted by molar-refractivity contribution is 6.02. The van der Waals surface area contributed by atoms with Gasteiger partial charge in [0, 0.05) is 5.69 Å². The Balaban J connectivity index is 1.95. The Kier molecular flexibility index (Phi) is 4.93. The molecular formula is C16H15NO4. The summed E-state index contributed by atoms with van der Waals surface area (Å²) in [5.74, 6) is -0.523. The van der Waals surface area contributed by atoms with Gasteiger partial charge in [0.1, 0.15) is 6.61 Å². The van der Waals surface area contributed by atoms with E-state index in [4.69, 9.17) is 9.15 Å². The molecule has 5 heteroatoms. The summed E-state index contributed by atoms with van der Waals surface area (Å²) in [6.45, 7) is 2.09. The fourth-order valence-electron chi connectivity index (χ4n) is 1.59. The maximum absolute atomic E-state index is 11.8. The summed E-state index contributed by atoms with van der Waals surface area (Å²) in [5.41, 5.74) is 0.997. The largest absolute Gasteiger partial charge is 0.459 e. The SMILES string of the molecule is C/C=C/COC(=O)c1ccc(NC(=O)c2ccco2)cc1. The first-order chi connectivity index (χ1) is 10.2. The zero-order valence-corrected chi connectivity index (χ0v) is 11.5. The van der Waals surface area contributed by atoms with Crippen LogP contribution in [0.5, 0.6) is 0 Å². The quantitative estimate of drug-likeness (QED) is 0.676. The summed E-state index contributed by atoms with van der Waals surface area (Å²) in [4.78, 5) is 23.4. The summed E-state index contributed by atoms with van der Waals surface area (Å²) in [5, 5.41) is 2.67. The molecule has 21 heavy (non-hydrogen) atoms. The van der Waals surface area contributed by atoms with Crippen molar-refractivity contribution in [3.8, 4) is 0 Å². The predicted octanol–water partition coefficient (Wildman–Crippen LogP) is 3.26. The molecule has 0 fully saturated rings. The van der Waals surface area contributed by atoms with E-state index in [1.807, 2.05) is 6.92 Å². The third kappa shape index (κ3) is 4.07. The number of benzene rings is 1. The molecule has 0 saturated carbocycles. The summed E-state index contributed by atoms with van der Waals surface area (Å²) in [6, 6.07) is 9.66. The van der Waals surface area contributed by atoms with Crippen LogP contribution < -0.4 is 5.32 Å². The molecule has 1 N–H and O–H groups in total. The Morgan fingerprint density at radius 3 is 2.62 bits per heavy atom. The topological polar surface area (TPSA) is 68.5 Å². The zero-order chi connectivity index (χ0) is 15.1. The number of amides is 1. The molecule has 2 rings (SSSR count). The van der Waals surface area contributed by atoms with Gasteiger partial charge in [-0.05, 0) is 43.3 Å². The minimum Gasteiger partial charge on any atom is -0.459 e. The minimum atomic E-state index is -0.406. The van der Waals surface area contributed by atoms with Crippen molar-refractivity contribution in [3.05, 3.63) is 66.1 Å². The van der Waals surface area contributed by atoms with E-state index in [1.165, 1.54) is 6.26 Å². The molecule has 0 unspecified atom stereocenters. The first-order valence-electron chi connectivity index (χ1n) is 6.44. The Morgan fingerprint density at radius 2 is 2.00 bits per heavy atom. The van der Waals surface area contributed by atoms with Crippen LogP contribution in [0, 0.1) is 0 Å². The molecule has 1 amide bonds. The van der Waals surface area contributed by atoms with Crippen molar-refractivity contribution in [1.82, 2.24) is 0 Å². The standard InChI is InChI=1S/C16H15NO4/c1-2-3-10-21-16(19)12-6-8-13(9-7-12)17-15(18)14-5-4-11-20-14/h2-9,11H,10H2,1H3,(H,17,18)/b3-2+. The molecule has 0 spiro atoms. The average Bonchev–Trinajstić information content (AvgIpc) is 3.02. The van der Waals surface area contributed by atoms with Gasteiger partial charge >= 0.3 is 5.97 Å². The fraction of sp³-hybridized carbons (Fsp3) is 0.125. The van der Waals surface area contributed by atoms with Crippen molar-refractivity contribution in [2.24, 2.45) is 0 Å². The van der Waals surface area contributed by atoms with Gasteiger partial charge < -0.3 is 14.5 Å². The van der Waals surface area contributed by atoms with E-state index in [1.54, 1.807) is 48.6 Å². The number of esters is 1. The third-order valence-corrected chi connectivity index (χ3v) is 2.67. The smallest absolute Gasteiger partial charge is 0.338 e. The Hall–Kier alpha value is -2.82. The van der Waals surface area contributed by atoms with Crippen LogP contribution in [0.2, 0.25) is 0 Å². The van der Waals surface area contributed by atoms with Crippen LogP contribution in [0.25, 0.3) is 0 Å². The van der Waals surface area contributed by atoms with E-state index in [0.717, 1.165) is 0 Å². The molecule has 5 nitrogen and oxygen atoms in total. The Morgan fingerprint density at radius 1 is 1.24 bits per heavy atom. The van der Waals surface area contributed by atoms with Crippen molar-refractivity contribution in [1.29, 1.82) is 0 Å². The molecule has 0 aliphatic rings. The van der Waals surface area contributed by atoms with Crippen LogP contribution >= 0.6 is 0 Å². The van der Waals surface area contributed by atoms with Gasteiger partial charge in [-0.1, -0.05) is 12.2 Å². The number of carbonyl (C=O) groups excluding carboxylic acids is 2. The van der Waals surface area contributed by atoms with Crippen LogP contribution in [-0.2, 0) is 4.74 Å². The molecule has 0 atom stereocenters. The van der Waals surface area contributed by atoms with Crippen LogP contribution in [0.15, 0.2) is 59.2 Å². The Labute approximate surface area is 122 Å². The van der Waals surface area contributed by atoms with E-state index in [9.17, 15) is 9.59 Å². The molecule has 1 heterocycles. The van der Waals surface area contributed by atoms with Crippen molar-refractivity contribution in [3.63, 3.8) is 0 Å². The molecule has 2 aromatic rings. The summed E-state index contributed by atoms with van der Waals surface area (Å²) < 4.78 is 10.0. The number of rotatable bonds is 5. The summed E-state index contributed by atoms with van der Waals surface area (Å²) >= 11 is 0. The normalized spacial score (nSPS) is 10.5. The monoisotopic (exact) mass is 285 g/mol. The van der Waals surface area contributed by atoms with Gasteiger partial charge in [0.2, 0.25) is 0 Å². The second kappa shape index (κ2) is 7.09. The number of furan rings is 1. The second-order valence-electron chi connectivity index (χ2n) is 4.18. The van der Waals surface area contributed by atoms with E-state index >= 15 is 0 Å². The number of anilines is 1. The number of hydrogen-bond acceptors (Lipinski definition) is 4. The number of nitrogens with one attached hydrogen (secondary N) is 1. The highest BCUT2D eigenvalue weighted by Crippen LogP contribution is 2.12. The van der Waals surface area contributed by atoms with Gasteiger partial charge in [-0.25, -0.2) is 4.79 Å². The van der Waals surface area contributed by atoms with Crippen molar-refractivity contribution < 1.29 is 18.7 Å². The molecule has 0 radical (unpaired) electrons. The number of allylic oxidation sites excluding steroid dienone is 1. The van der Waals surface area contributed by atoms with Gasteiger partial charge in [-0.2, -0.15) is 0 Å². The molecule has 0 aliphatic carbocycles. The summed E-state index contributed by atoms with van der Waals surface area (Å²) in [6.07, 6.45) is 4.98. The van der Waals surface area contributed by atoms with E-state index in [0.29, 0.717) is 11.3 Å².